The minimum Gasteiger partial charge on any atom is -0.507 e. The Hall–Kier alpha value is -3.39. The summed E-state index contributed by atoms with van der Waals surface area (Å²) in [6.07, 6.45) is 3.97. The van der Waals surface area contributed by atoms with Crippen LogP contribution in [-0.2, 0) is 0 Å². The lowest BCUT2D eigenvalue weighted by Crippen LogP contribution is -2.22. The molecule has 2 aromatic carbocycles. The van der Waals surface area contributed by atoms with Crippen molar-refractivity contribution in [3.05, 3.63) is 69.4 Å². The summed E-state index contributed by atoms with van der Waals surface area (Å²) in [5, 5.41) is 10.5. The van der Waals surface area contributed by atoms with Crippen LogP contribution in [0.1, 0.15) is 76.4 Å². The molecule has 0 amide bonds. The van der Waals surface area contributed by atoms with Crippen LogP contribution in [0.15, 0.2) is 42.5 Å². The lowest BCUT2D eigenvalue weighted by molar-refractivity contribution is 0.0944. The van der Waals surface area contributed by atoms with E-state index in [1.807, 2.05) is 23.6 Å². The number of nitrogens with zero attached hydrogens (tertiary/aromatic N) is 2. The van der Waals surface area contributed by atoms with E-state index in [4.69, 9.17) is 0 Å². The second-order valence-corrected chi connectivity index (χ2v) is 11.1. The molecule has 1 aliphatic carbocycles. The molecule has 0 bridgehead atoms. The molecule has 1 saturated carbocycles. The zero-order chi connectivity index (χ0) is 26.3. The number of halogens is 2. The summed E-state index contributed by atoms with van der Waals surface area (Å²) in [6.45, 7) is 3.75. The summed E-state index contributed by atoms with van der Waals surface area (Å²) in [4.78, 5) is 31.7. The van der Waals surface area contributed by atoms with Gasteiger partial charge in [0.2, 0.25) is 0 Å². The molecule has 2 atom stereocenters. The van der Waals surface area contributed by atoms with Crippen LogP contribution in [0.25, 0.3) is 22.4 Å². The van der Waals surface area contributed by atoms with Gasteiger partial charge in [-0.1, -0.05) is 13.3 Å². The van der Waals surface area contributed by atoms with Crippen LogP contribution < -0.4 is 0 Å². The van der Waals surface area contributed by atoms with E-state index < -0.39 is 17.4 Å². The fourth-order valence-electron chi connectivity index (χ4n) is 5.41. The van der Waals surface area contributed by atoms with E-state index in [2.05, 4.69) is 4.98 Å². The molecule has 0 aliphatic heterocycles. The number of hydrogen-bond donors (Lipinski definition) is 1. The molecule has 192 valence electrons. The van der Waals surface area contributed by atoms with Gasteiger partial charge in [0.15, 0.2) is 23.2 Å². The first-order valence-corrected chi connectivity index (χ1v) is 13.4. The zero-order valence-electron chi connectivity index (χ0n) is 20.8. The Labute approximate surface area is 217 Å². The predicted molar refractivity (Wildman–Crippen MR) is 140 cm³/mol. The van der Waals surface area contributed by atoms with Gasteiger partial charge in [0.05, 0.1) is 21.5 Å². The van der Waals surface area contributed by atoms with Crippen LogP contribution in [0.2, 0.25) is 0 Å². The number of phenols is 1. The number of carbonyl (C=O) groups is 2. The van der Waals surface area contributed by atoms with Crippen LogP contribution in [0, 0.1) is 24.5 Å². The fraction of sp³-hybridized carbons (Fsp3) is 0.345. The Morgan fingerprint density at radius 1 is 1.11 bits per heavy atom. The maximum absolute atomic E-state index is 15.0. The Bertz CT molecular complexity index is 1510. The average Bonchev–Trinajstić information content (AvgIpc) is 3.49. The number of fused-ring (bicyclic) bond motifs is 1. The van der Waals surface area contributed by atoms with Crippen molar-refractivity contribution >= 4 is 33.9 Å². The standard InChI is InChI=1S/C29H28F2N2O3S/c1-3-23(34)18-8-10-22-21(15-18)32-29(27-24(35)11-9-20(30)28(27)31)33(22)19-6-4-5-17(13-19)14-25(36)26-12-7-16(2)37-26/h7-12,15,17,19,35H,3-6,13-14H2,1-2H3/t17-,19+/m1/s1. The van der Waals surface area contributed by atoms with Crippen LogP contribution in [0.4, 0.5) is 8.78 Å². The van der Waals surface area contributed by atoms with E-state index in [1.165, 1.54) is 11.3 Å². The SMILES string of the molecule is CCC(=O)c1ccc2c(c1)nc(-c1c(O)ccc(F)c1F)n2[C@H]1CCC[C@@H](CC(=O)c2ccc(C)s2)C1. The van der Waals surface area contributed by atoms with Gasteiger partial charge in [0.25, 0.3) is 0 Å². The summed E-state index contributed by atoms with van der Waals surface area (Å²) in [5.74, 6) is -2.32. The quantitative estimate of drug-likeness (QED) is 0.253. The second kappa shape index (κ2) is 10.2. The molecule has 1 aliphatic rings. The van der Waals surface area contributed by atoms with Gasteiger partial charge in [0.1, 0.15) is 11.6 Å². The molecule has 1 fully saturated rings. The van der Waals surface area contributed by atoms with E-state index in [0.717, 1.165) is 41.1 Å². The minimum absolute atomic E-state index is 0.0437. The highest BCUT2D eigenvalue weighted by Crippen LogP contribution is 2.42. The number of hydrogen-bond acceptors (Lipinski definition) is 5. The highest BCUT2D eigenvalue weighted by Gasteiger charge is 2.31. The number of rotatable bonds is 7. The van der Waals surface area contributed by atoms with Gasteiger partial charge in [-0.3, -0.25) is 9.59 Å². The molecule has 5 rings (SSSR count). The molecule has 2 heterocycles. The van der Waals surface area contributed by atoms with E-state index in [-0.39, 0.29) is 34.9 Å². The molecular weight excluding hydrogens is 494 g/mol. The lowest BCUT2D eigenvalue weighted by atomic mass is 9.82. The number of aromatic nitrogens is 2. The van der Waals surface area contributed by atoms with E-state index in [0.29, 0.717) is 35.9 Å². The molecule has 8 heteroatoms. The van der Waals surface area contributed by atoms with Crippen molar-refractivity contribution in [2.45, 2.75) is 58.4 Å². The number of aryl methyl sites for hydroxylation is 1. The first-order chi connectivity index (χ1) is 17.8. The van der Waals surface area contributed by atoms with Crippen molar-refractivity contribution in [3.63, 3.8) is 0 Å². The Morgan fingerprint density at radius 2 is 1.92 bits per heavy atom. The molecule has 1 N–H and O–H groups in total. The van der Waals surface area contributed by atoms with Crippen molar-refractivity contribution < 1.29 is 23.5 Å². The van der Waals surface area contributed by atoms with Gasteiger partial charge >= 0.3 is 0 Å². The summed E-state index contributed by atoms with van der Waals surface area (Å²) in [5.41, 5.74) is 1.35. The molecule has 0 unspecified atom stereocenters. The van der Waals surface area contributed by atoms with Gasteiger partial charge < -0.3 is 9.67 Å². The molecule has 5 nitrogen and oxygen atoms in total. The van der Waals surface area contributed by atoms with Crippen molar-refractivity contribution in [2.24, 2.45) is 5.92 Å². The van der Waals surface area contributed by atoms with Crippen molar-refractivity contribution in [3.8, 4) is 17.1 Å². The van der Waals surface area contributed by atoms with Gasteiger partial charge in [-0.15, -0.1) is 11.3 Å². The first kappa shape index (κ1) is 25.3. The second-order valence-electron chi connectivity index (χ2n) is 9.77. The number of aromatic hydroxyl groups is 1. The molecule has 0 spiro atoms. The van der Waals surface area contributed by atoms with Crippen molar-refractivity contribution in [1.29, 1.82) is 0 Å². The minimum atomic E-state index is -1.17. The Kier molecular flexibility index (Phi) is 6.94. The summed E-state index contributed by atoms with van der Waals surface area (Å²) < 4.78 is 31.2. The summed E-state index contributed by atoms with van der Waals surface area (Å²) in [7, 11) is 0. The zero-order valence-corrected chi connectivity index (χ0v) is 21.6. The lowest BCUT2D eigenvalue weighted by Gasteiger charge is -2.31. The van der Waals surface area contributed by atoms with Crippen LogP contribution in [0.5, 0.6) is 5.75 Å². The molecule has 2 aromatic heterocycles. The largest absolute Gasteiger partial charge is 0.507 e. The molecule has 0 radical (unpaired) electrons. The van der Waals surface area contributed by atoms with E-state index in [1.54, 1.807) is 25.1 Å². The number of carbonyl (C=O) groups excluding carboxylic acids is 2. The monoisotopic (exact) mass is 522 g/mol. The van der Waals surface area contributed by atoms with Crippen LogP contribution >= 0.6 is 11.3 Å². The molecule has 37 heavy (non-hydrogen) atoms. The topological polar surface area (TPSA) is 72.2 Å². The Morgan fingerprint density at radius 3 is 2.65 bits per heavy atom. The number of benzene rings is 2. The third-order valence-corrected chi connectivity index (χ3v) is 8.28. The highest BCUT2D eigenvalue weighted by atomic mass is 32.1. The Balaban J connectivity index is 1.57. The first-order valence-electron chi connectivity index (χ1n) is 12.6. The van der Waals surface area contributed by atoms with E-state index >= 15 is 4.39 Å². The maximum atomic E-state index is 15.0. The number of imidazole rings is 1. The summed E-state index contributed by atoms with van der Waals surface area (Å²) in [6, 6.07) is 10.9. The maximum Gasteiger partial charge on any atom is 0.173 e. The van der Waals surface area contributed by atoms with Gasteiger partial charge in [-0.05, 0) is 74.6 Å². The predicted octanol–water partition coefficient (Wildman–Crippen LogP) is 7.65. The molecule has 0 saturated heterocycles. The highest BCUT2D eigenvalue weighted by molar-refractivity contribution is 7.14. The van der Waals surface area contributed by atoms with Crippen LogP contribution in [-0.4, -0.2) is 26.2 Å². The fourth-order valence-corrected chi connectivity index (χ4v) is 6.22. The van der Waals surface area contributed by atoms with Gasteiger partial charge in [-0.2, -0.15) is 0 Å². The van der Waals surface area contributed by atoms with Crippen molar-refractivity contribution in [1.82, 2.24) is 9.55 Å². The number of Topliss-reactive ketones (excluding diaryl/α,β-unsaturated/α-hetero) is 2. The third kappa shape index (κ3) is 4.82. The van der Waals surface area contributed by atoms with Crippen molar-refractivity contribution in [2.75, 3.05) is 0 Å². The summed E-state index contributed by atoms with van der Waals surface area (Å²) >= 11 is 1.50. The number of ketones is 2. The number of phenolic OH excluding ortho intramolecular Hbond substituents is 1. The van der Waals surface area contributed by atoms with Gasteiger partial charge in [-0.25, -0.2) is 13.8 Å². The average molecular weight is 523 g/mol. The van der Waals surface area contributed by atoms with E-state index in [9.17, 15) is 19.1 Å². The van der Waals surface area contributed by atoms with Gasteiger partial charge in [0, 0.05) is 29.3 Å². The molecular formula is C29H28F2N2O3S. The molecule has 4 aromatic rings. The number of thiophene rings is 1. The smallest absolute Gasteiger partial charge is 0.173 e. The van der Waals surface area contributed by atoms with Crippen LogP contribution in [0.3, 0.4) is 0 Å². The third-order valence-electron chi connectivity index (χ3n) is 7.24. The normalized spacial score (nSPS) is 17.8.